The second kappa shape index (κ2) is 12.0. The van der Waals surface area contributed by atoms with Gasteiger partial charge in [-0.2, -0.15) is 0 Å². The number of carbonyl (C=O) groups excluding carboxylic acids is 3. The van der Waals surface area contributed by atoms with Crippen molar-refractivity contribution in [1.29, 1.82) is 0 Å². The number of rotatable bonds is 7. The summed E-state index contributed by atoms with van der Waals surface area (Å²) >= 11 is 0. The van der Waals surface area contributed by atoms with E-state index in [1.807, 2.05) is 12.1 Å². The van der Waals surface area contributed by atoms with E-state index in [2.05, 4.69) is 16.0 Å². The molecule has 1 saturated carbocycles. The molecule has 2 unspecified atom stereocenters. The molecule has 43 heavy (non-hydrogen) atoms. The molecule has 10 heteroatoms. The van der Waals surface area contributed by atoms with Gasteiger partial charge >= 0.3 is 17.9 Å². The van der Waals surface area contributed by atoms with E-state index < -0.39 is 24.1 Å². The Labute approximate surface area is 250 Å². The molecule has 0 amide bonds. The first-order chi connectivity index (χ1) is 20.8. The highest BCUT2D eigenvalue weighted by Gasteiger charge is 2.54. The van der Waals surface area contributed by atoms with Crippen molar-refractivity contribution >= 4 is 28.8 Å². The minimum atomic E-state index is -0.637. The van der Waals surface area contributed by atoms with Crippen molar-refractivity contribution in [3.05, 3.63) is 64.8 Å². The van der Waals surface area contributed by atoms with Crippen LogP contribution in [0.2, 0.25) is 0 Å². The molecule has 3 aromatic rings. The maximum atomic E-state index is 13.3. The predicted octanol–water partition coefficient (Wildman–Crippen LogP) is 4.21. The molecule has 6 atom stereocenters. The van der Waals surface area contributed by atoms with Crippen LogP contribution in [0.5, 0.6) is 5.75 Å². The largest absolute Gasteiger partial charge is 0.497 e. The van der Waals surface area contributed by atoms with Gasteiger partial charge in [-0.1, -0.05) is 12.1 Å². The number of benzene rings is 2. The number of hydrogen-bond donors (Lipinski definition) is 1. The molecule has 3 heterocycles. The average Bonchev–Trinajstić information content (AvgIpc) is 3.40. The minimum absolute atomic E-state index is 0.000981. The number of aromatic amines is 1. The van der Waals surface area contributed by atoms with E-state index in [1.165, 1.54) is 30.7 Å². The fourth-order valence-electron chi connectivity index (χ4n) is 7.49. The molecule has 10 nitrogen and oxygen atoms in total. The van der Waals surface area contributed by atoms with Gasteiger partial charge in [0.25, 0.3) is 0 Å². The fourth-order valence-corrected chi connectivity index (χ4v) is 7.49. The highest BCUT2D eigenvalue weighted by molar-refractivity contribution is 5.89. The van der Waals surface area contributed by atoms with E-state index in [4.69, 9.17) is 23.7 Å². The molecule has 2 aromatic carbocycles. The van der Waals surface area contributed by atoms with Crippen LogP contribution in [0.4, 0.5) is 0 Å². The predicted molar refractivity (Wildman–Crippen MR) is 157 cm³/mol. The van der Waals surface area contributed by atoms with Crippen molar-refractivity contribution in [2.75, 3.05) is 34.4 Å². The zero-order valence-corrected chi connectivity index (χ0v) is 25.0. The molecule has 1 N–H and O–H groups in total. The van der Waals surface area contributed by atoms with Crippen molar-refractivity contribution in [3.63, 3.8) is 0 Å². The number of carbonyl (C=O) groups is 3. The molecule has 0 bridgehead atoms. The van der Waals surface area contributed by atoms with Crippen LogP contribution in [-0.2, 0) is 41.6 Å². The second-order valence-corrected chi connectivity index (χ2v) is 11.8. The third kappa shape index (κ3) is 5.49. The molecular formula is C33H38N2O8. The summed E-state index contributed by atoms with van der Waals surface area (Å²) in [4.78, 5) is 43.9. The Morgan fingerprint density at radius 3 is 2.51 bits per heavy atom. The van der Waals surface area contributed by atoms with E-state index >= 15 is 0 Å². The number of ether oxygens (including phenoxy) is 5. The summed E-state index contributed by atoms with van der Waals surface area (Å²) in [5.74, 6) is -0.837. The van der Waals surface area contributed by atoms with Crippen LogP contribution in [0.1, 0.15) is 53.0 Å². The van der Waals surface area contributed by atoms with Gasteiger partial charge in [0.2, 0.25) is 0 Å². The molecule has 0 spiro atoms. The van der Waals surface area contributed by atoms with Gasteiger partial charge in [-0.15, -0.1) is 0 Å². The third-order valence-corrected chi connectivity index (χ3v) is 9.49. The monoisotopic (exact) mass is 590 g/mol. The maximum Gasteiger partial charge on any atom is 0.338 e. The Kier molecular flexibility index (Phi) is 8.15. The standard InChI is InChI=1S/C33H38N2O8/c1-18(36)42-17-19-5-7-20(8-6-19)32(37)43-28-13-21-16-35-12-11-24-23-10-9-22(39-2)14-26(23)34-30(24)27(35)15-25(21)29(31(28)40-3)33(38)41-4/h5-10,14,21,25,27-29,31,34H,11-13,15-17H2,1-4H3/t21?,25?,27-,28-,29+,31+/m1/s1. The fraction of sp³-hybridized carbons (Fsp3) is 0.485. The SMILES string of the molecule is COC(=O)[C@H]1C2C[C@@H]3c4[nH]c5cc(OC)ccc5c4CCN3CC2C[C@@H](OC(=O)c2ccc(COC(C)=O)cc2)[C@@H]1OC. The van der Waals surface area contributed by atoms with E-state index in [0.717, 1.165) is 42.8 Å². The number of methoxy groups -OCH3 is 3. The van der Waals surface area contributed by atoms with Gasteiger partial charge < -0.3 is 28.7 Å². The summed E-state index contributed by atoms with van der Waals surface area (Å²) in [6, 6.07) is 13.1. The molecule has 1 aromatic heterocycles. The first-order valence-electron chi connectivity index (χ1n) is 14.8. The number of H-pyrrole nitrogens is 1. The summed E-state index contributed by atoms with van der Waals surface area (Å²) in [5, 5.41) is 1.21. The van der Waals surface area contributed by atoms with Crippen LogP contribution in [-0.4, -0.2) is 74.4 Å². The van der Waals surface area contributed by atoms with Gasteiger partial charge in [0.1, 0.15) is 24.6 Å². The number of fused-ring (bicyclic) bond motifs is 6. The quantitative estimate of drug-likeness (QED) is 0.319. The zero-order valence-electron chi connectivity index (χ0n) is 25.0. The summed E-state index contributed by atoms with van der Waals surface area (Å²) in [6.07, 6.45) is 1.05. The Bertz CT molecular complexity index is 1520. The third-order valence-electron chi connectivity index (χ3n) is 9.49. The van der Waals surface area contributed by atoms with E-state index in [0.29, 0.717) is 12.0 Å². The maximum absolute atomic E-state index is 13.3. The summed E-state index contributed by atoms with van der Waals surface area (Å²) in [6.45, 7) is 3.19. The second-order valence-electron chi connectivity index (χ2n) is 11.8. The van der Waals surface area contributed by atoms with Crippen molar-refractivity contribution in [2.45, 2.75) is 51.0 Å². The normalized spacial score (nSPS) is 26.5. The van der Waals surface area contributed by atoms with Gasteiger partial charge in [-0.05, 0) is 66.5 Å². The molecule has 1 aliphatic carbocycles. The molecule has 0 radical (unpaired) electrons. The summed E-state index contributed by atoms with van der Waals surface area (Å²) < 4.78 is 27.8. The highest BCUT2D eigenvalue weighted by Crippen LogP contribution is 2.50. The number of aromatic nitrogens is 1. The molecule has 2 aliphatic heterocycles. The van der Waals surface area contributed by atoms with Crippen LogP contribution < -0.4 is 4.74 Å². The number of piperidine rings is 1. The smallest absolute Gasteiger partial charge is 0.338 e. The molecule has 3 aliphatic rings. The molecule has 6 rings (SSSR count). The number of nitrogens with zero attached hydrogens (tertiary/aromatic N) is 1. The van der Waals surface area contributed by atoms with Crippen molar-refractivity contribution in [2.24, 2.45) is 17.8 Å². The van der Waals surface area contributed by atoms with Gasteiger partial charge in [-0.25, -0.2) is 4.79 Å². The number of nitrogens with one attached hydrogen (secondary N) is 1. The lowest BCUT2D eigenvalue weighted by Gasteiger charge is -2.52. The first-order valence-corrected chi connectivity index (χ1v) is 14.8. The molecule has 2 fully saturated rings. The summed E-state index contributed by atoms with van der Waals surface area (Å²) in [5.41, 5.74) is 4.74. The Morgan fingerprint density at radius 2 is 1.81 bits per heavy atom. The Balaban J connectivity index is 1.24. The van der Waals surface area contributed by atoms with E-state index in [-0.39, 0.29) is 36.4 Å². The topological polar surface area (TPSA) is 116 Å². The van der Waals surface area contributed by atoms with Crippen LogP contribution in [0.15, 0.2) is 42.5 Å². The van der Waals surface area contributed by atoms with Crippen LogP contribution in [0.3, 0.4) is 0 Å². The first kappa shape index (κ1) is 29.2. The van der Waals surface area contributed by atoms with Gasteiger partial charge in [0.05, 0.1) is 31.7 Å². The number of hydrogen-bond acceptors (Lipinski definition) is 9. The van der Waals surface area contributed by atoms with Crippen molar-refractivity contribution in [1.82, 2.24) is 9.88 Å². The van der Waals surface area contributed by atoms with Crippen molar-refractivity contribution in [3.8, 4) is 5.75 Å². The number of esters is 3. The van der Waals surface area contributed by atoms with Crippen LogP contribution >= 0.6 is 0 Å². The molecule has 1 saturated heterocycles. The lowest BCUT2D eigenvalue weighted by atomic mass is 9.63. The zero-order chi connectivity index (χ0) is 30.2. The minimum Gasteiger partial charge on any atom is -0.497 e. The lowest BCUT2D eigenvalue weighted by molar-refractivity contribution is -0.176. The van der Waals surface area contributed by atoms with E-state index in [1.54, 1.807) is 38.5 Å². The lowest BCUT2D eigenvalue weighted by Crippen LogP contribution is -2.58. The molecule has 228 valence electrons. The van der Waals surface area contributed by atoms with Crippen LogP contribution in [0.25, 0.3) is 10.9 Å². The molecular weight excluding hydrogens is 552 g/mol. The van der Waals surface area contributed by atoms with Gasteiger partial charge in [-0.3, -0.25) is 14.5 Å². The van der Waals surface area contributed by atoms with E-state index in [9.17, 15) is 14.4 Å². The average molecular weight is 591 g/mol. The van der Waals surface area contributed by atoms with Crippen LogP contribution in [0, 0.1) is 17.8 Å². The Hall–Kier alpha value is -3.89. The van der Waals surface area contributed by atoms with Crippen molar-refractivity contribution < 1.29 is 38.1 Å². The highest BCUT2D eigenvalue weighted by atomic mass is 16.6. The summed E-state index contributed by atoms with van der Waals surface area (Å²) in [7, 11) is 4.63. The Morgan fingerprint density at radius 1 is 1.02 bits per heavy atom. The van der Waals surface area contributed by atoms with Gasteiger partial charge in [0.15, 0.2) is 0 Å². The van der Waals surface area contributed by atoms with Gasteiger partial charge in [0, 0.05) is 49.8 Å².